The van der Waals surface area contributed by atoms with Crippen LogP contribution in [0, 0.1) is 0 Å². The first-order valence-corrected chi connectivity index (χ1v) is 11.8. The van der Waals surface area contributed by atoms with E-state index in [1.54, 1.807) is 0 Å². The smallest absolute Gasteiger partial charge is 0.0720 e. The van der Waals surface area contributed by atoms with E-state index in [1.807, 2.05) is 30.4 Å². The first-order valence-electron chi connectivity index (χ1n) is 11.8. The average Bonchev–Trinajstić information content (AvgIpc) is 2.72. The van der Waals surface area contributed by atoms with Crippen molar-refractivity contribution >= 4 is 0 Å². The average molecular weight is 405 g/mol. The molecule has 0 fully saturated rings. The van der Waals surface area contributed by atoms with Crippen molar-refractivity contribution in [2.75, 3.05) is 6.61 Å². The molecule has 0 heterocycles. The van der Waals surface area contributed by atoms with Gasteiger partial charge >= 0.3 is 0 Å². The van der Waals surface area contributed by atoms with Crippen LogP contribution in [0.4, 0.5) is 0 Å². The standard InChI is InChI=1S/C26H44O3/c1-3-5-11-19-26(28,20-12-6-4-2)21-14-18-25(27)17-10-13-22-29-23-24-15-8-7-9-16-24/h7-9,14-16,18,25,27-28H,3-6,10-13,17,19-23H2,1-2H3/b18-14+. The number of aliphatic hydroxyl groups is 2. The summed E-state index contributed by atoms with van der Waals surface area (Å²) in [6.07, 6.45) is 15.3. The summed E-state index contributed by atoms with van der Waals surface area (Å²) in [4.78, 5) is 0. The number of hydrogen-bond donors (Lipinski definition) is 2. The van der Waals surface area contributed by atoms with Gasteiger partial charge in [0.15, 0.2) is 0 Å². The molecule has 1 unspecified atom stereocenters. The van der Waals surface area contributed by atoms with Gasteiger partial charge in [0, 0.05) is 6.61 Å². The first-order chi connectivity index (χ1) is 14.1. The summed E-state index contributed by atoms with van der Waals surface area (Å²) in [6.45, 7) is 5.76. The van der Waals surface area contributed by atoms with E-state index in [-0.39, 0.29) is 0 Å². The van der Waals surface area contributed by atoms with E-state index in [1.165, 1.54) is 31.2 Å². The molecule has 1 rings (SSSR count). The molecule has 0 aliphatic carbocycles. The number of aliphatic hydroxyl groups excluding tert-OH is 1. The molecular formula is C26H44O3. The Morgan fingerprint density at radius 1 is 0.931 bits per heavy atom. The van der Waals surface area contributed by atoms with Crippen LogP contribution in [0.15, 0.2) is 42.5 Å². The zero-order valence-corrected chi connectivity index (χ0v) is 18.8. The molecule has 0 saturated carbocycles. The van der Waals surface area contributed by atoms with E-state index in [4.69, 9.17) is 4.74 Å². The van der Waals surface area contributed by atoms with Crippen LogP contribution in [0.5, 0.6) is 0 Å². The minimum atomic E-state index is -0.605. The Morgan fingerprint density at radius 2 is 1.59 bits per heavy atom. The maximum Gasteiger partial charge on any atom is 0.0720 e. The summed E-state index contributed by atoms with van der Waals surface area (Å²) in [5.74, 6) is 0. The third-order valence-electron chi connectivity index (χ3n) is 5.50. The summed E-state index contributed by atoms with van der Waals surface area (Å²) < 4.78 is 5.69. The molecule has 29 heavy (non-hydrogen) atoms. The van der Waals surface area contributed by atoms with Gasteiger partial charge < -0.3 is 14.9 Å². The number of hydrogen-bond acceptors (Lipinski definition) is 3. The minimum absolute atomic E-state index is 0.431. The summed E-state index contributed by atoms with van der Waals surface area (Å²) in [5.41, 5.74) is 0.590. The maximum absolute atomic E-state index is 11.0. The van der Waals surface area contributed by atoms with Gasteiger partial charge in [-0.15, -0.1) is 0 Å². The van der Waals surface area contributed by atoms with Crippen LogP contribution in [-0.2, 0) is 11.3 Å². The van der Waals surface area contributed by atoms with Gasteiger partial charge in [0.05, 0.1) is 18.3 Å². The summed E-state index contributed by atoms with van der Waals surface area (Å²) in [5, 5.41) is 21.2. The van der Waals surface area contributed by atoms with Crippen LogP contribution in [0.25, 0.3) is 0 Å². The van der Waals surface area contributed by atoms with Gasteiger partial charge in [-0.2, -0.15) is 0 Å². The van der Waals surface area contributed by atoms with Crippen molar-refractivity contribution in [3.63, 3.8) is 0 Å². The second kappa shape index (κ2) is 16.6. The monoisotopic (exact) mass is 404 g/mol. The Labute approximate surface area is 179 Å². The van der Waals surface area contributed by atoms with Crippen molar-refractivity contribution in [1.82, 2.24) is 0 Å². The van der Waals surface area contributed by atoms with Crippen LogP contribution >= 0.6 is 0 Å². The van der Waals surface area contributed by atoms with Gasteiger partial charge in [0.2, 0.25) is 0 Å². The lowest BCUT2D eigenvalue weighted by Gasteiger charge is -2.27. The Balaban J connectivity index is 2.21. The quantitative estimate of drug-likeness (QED) is 0.215. The second-order valence-corrected chi connectivity index (χ2v) is 8.37. The molecule has 3 heteroatoms. The Kier molecular flexibility index (Phi) is 14.8. The van der Waals surface area contributed by atoms with E-state index in [0.717, 1.165) is 51.6 Å². The highest BCUT2D eigenvalue weighted by molar-refractivity contribution is 5.13. The highest BCUT2D eigenvalue weighted by atomic mass is 16.5. The molecule has 0 amide bonds. The molecule has 1 atom stereocenters. The van der Waals surface area contributed by atoms with Crippen molar-refractivity contribution in [3.05, 3.63) is 48.0 Å². The van der Waals surface area contributed by atoms with Gasteiger partial charge in [-0.1, -0.05) is 94.9 Å². The van der Waals surface area contributed by atoms with Crippen molar-refractivity contribution in [3.8, 4) is 0 Å². The molecule has 0 aromatic heterocycles. The molecule has 166 valence electrons. The largest absolute Gasteiger partial charge is 0.390 e. The number of benzene rings is 1. The van der Waals surface area contributed by atoms with Crippen LogP contribution < -0.4 is 0 Å². The summed E-state index contributed by atoms with van der Waals surface area (Å²) >= 11 is 0. The fraction of sp³-hybridized carbons (Fsp3) is 0.692. The van der Waals surface area contributed by atoms with Gasteiger partial charge in [-0.3, -0.25) is 0 Å². The number of ether oxygens (including phenoxy) is 1. The lowest BCUT2D eigenvalue weighted by Crippen LogP contribution is -2.28. The van der Waals surface area contributed by atoms with Crippen molar-refractivity contribution in [1.29, 1.82) is 0 Å². The SMILES string of the molecule is CCCCCC(O)(C/C=C/C(O)CCCCOCc1ccccc1)CCCCC. The lowest BCUT2D eigenvalue weighted by molar-refractivity contribution is 0.0205. The van der Waals surface area contributed by atoms with E-state index < -0.39 is 11.7 Å². The van der Waals surface area contributed by atoms with Crippen LogP contribution in [0.2, 0.25) is 0 Å². The summed E-state index contributed by atoms with van der Waals surface area (Å²) in [6, 6.07) is 10.2. The van der Waals surface area contributed by atoms with Crippen molar-refractivity contribution in [2.45, 2.75) is 109 Å². The maximum atomic E-state index is 11.0. The normalized spacial score (nSPS) is 13.2. The minimum Gasteiger partial charge on any atom is -0.390 e. The molecule has 2 N–H and O–H groups in total. The highest BCUT2D eigenvalue weighted by Crippen LogP contribution is 2.26. The number of rotatable bonds is 18. The fourth-order valence-corrected chi connectivity index (χ4v) is 3.60. The van der Waals surface area contributed by atoms with Gasteiger partial charge in [-0.25, -0.2) is 0 Å². The molecule has 1 aromatic rings. The summed E-state index contributed by atoms with van der Waals surface area (Å²) in [7, 11) is 0. The van der Waals surface area contributed by atoms with Crippen LogP contribution in [0.3, 0.4) is 0 Å². The first kappa shape index (κ1) is 25.9. The van der Waals surface area contributed by atoms with E-state index in [9.17, 15) is 10.2 Å². The lowest BCUT2D eigenvalue weighted by atomic mass is 9.87. The van der Waals surface area contributed by atoms with Gasteiger partial charge in [0.25, 0.3) is 0 Å². The Morgan fingerprint density at radius 3 is 2.21 bits per heavy atom. The molecule has 0 radical (unpaired) electrons. The second-order valence-electron chi connectivity index (χ2n) is 8.37. The molecule has 0 aliphatic rings. The van der Waals surface area contributed by atoms with Gasteiger partial charge in [-0.05, 0) is 44.1 Å². The molecular weight excluding hydrogens is 360 g/mol. The van der Waals surface area contributed by atoms with Crippen LogP contribution in [0.1, 0.15) is 96.5 Å². The van der Waals surface area contributed by atoms with E-state index >= 15 is 0 Å². The molecule has 3 nitrogen and oxygen atoms in total. The third-order valence-corrected chi connectivity index (χ3v) is 5.50. The Bertz CT molecular complexity index is 502. The molecule has 0 saturated heterocycles. The third kappa shape index (κ3) is 13.6. The predicted octanol–water partition coefficient (Wildman–Crippen LogP) is 6.57. The topological polar surface area (TPSA) is 49.7 Å². The van der Waals surface area contributed by atoms with Gasteiger partial charge in [0.1, 0.15) is 0 Å². The van der Waals surface area contributed by atoms with Crippen LogP contribution in [-0.4, -0.2) is 28.5 Å². The highest BCUT2D eigenvalue weighted by Gasteiger charge is 2.24. The van der Waals surface area contributed by atoms with E-state index in [2.05, 4.69) is 26.0 Å². The molecule has 0 bridgehead atoms. The molecule has 0 spiro atoms. The Hall–Kier alpha value is -1.16. The zero-order valence-electron chi connectivity index (χ0n) is 18.8. The van der Waals surface area contributed by atoms with E-state index in [0.29, 0.717) is 13.0 Å². The number of unbranched alkanes of at least 4 members (excludes halogenated alkanes) is 5. The fourth-order valence-electron chi connectivity index (χ4n) is 3.60. The predicted molar refractivity (Wildman–Crippen MR) is 123 cm³/mol. The molecule has 1 aromatic carbocycles. The molecule has 0 aliphatic heterocycles. The van der Waals surface area contributed by atoms with Crippen molar-refractivity contribution in [2.24, 2.45) is 0 Å². The zero-order chi connectivity index (χ0) is 21.2. The van der Waals surface area contributed by atoms with Crippen molar-refractivity contribution < 1.29 is 14.9 Å².